The molecule has 116 valence electrons. The van der Waals surface area contributed by atoms with Crippen LogP contribution in [0.2, 0.25) is 0 Å². The highest BCUT2D eigenvalue weighted by Gasteiger charge is 2.39. The van der Waals surface area contributed by atoms with Gasteiger partial charge in [-0.1, -0.05) is 0 Å². The highest BCUT2D eigenvalue weighted by Crippen LogP contribution is 2.33. The van der Waals surface area contributed by atoms with Crippen molar-refractivity contribution in [3.8, 4) is 5.75 Å². The van der Waals surface area contributed by atoms with Crippen molar-refractivity contribution >= 4 is 15.7 Å². The van der Waals surface area contributed by atoms with Gasteiger partial charge in [-0.15, -0.1) is 0 Å². The molecule has 0 saturated carbocycles. The Kier molecular flexibility index (Phi) is 4.17. The minimum atomic E-state index is -3.90. The molecule has 0 aliphatic carbocycles. The van der Waals surface area contributed by atoms with Gasteiger partial charge in [-0.2, -0.15) is 4.31 Å². The average Bonchev–Trinajstić information content (AvgIpc) is 2.78. The van der Waals surface area contributed by atoms with E-state index in [9.17, 15) is 18.5 Å². The molecule has 2 rings (SSSR count). The molecule has 8 nitrogen and oxygen atoms in total. The van der Waals surface area contributed by atoms with Crippen LogP contribution in [0.25, 0.3) is 0 Å². The molecule has 21 heavy (non-hydrogen) atoms. The summed E-state index contributed by atoms with van der Waals surface area (Å²) in [6, 6.07) is 2.90. The number of hydrogen-bond donors (Lipinski definition) is 1. The molecule has 1 aliphatic heterocycles. The number of ether oxygens (including phenoxy) is 1. The second kappa shape index (κ2) is 5.58. The van der Waals surface area contributed by atoms with E-state index in [4.69, 9.17) is 10.5 Å². The Labute approximate surface area is 122 Å². The maximum Gasteiger partial charge on any atom is 0.271 e. The van der Waals surface area contributed by atoms with Crippen LogP contribution in [0.4, 0.5) is 5.69 Å². The third-order valence-electron chi connectivity index (χ3n) is 3.70. The number of nitrogens with zero attached hydrogens (tertiary/aromatic N) is 2. The number of hydrogen-bond acceptors (Lipinski definition) is 6. The van der Waals surface area contributed by atoms with Crippen molar-refractivity contribution in [2.75, 3.05) is 13.7 Å². The zero-order valence-corrected chi connectivity index (χ0v) is 12.5. The van der Waals surface area contributed by atoms with Crippen LogP contribution in [0.15, 0.2) is 23.1 Å². The van der Waals surface area contributed by atoms with Crippen LogP contribution in [0.3, 0.4) is 0 Å². The summed E-state index contributed by atoms with van der Waals surface area (Å²) in [5.41, 5.74) is 5.55. The molecule has 0 aromatic heterocycles. The van der Waals surface area contributed by atoms with Crippen LogP contribution >= 0.6 is 0 Å². The summed E-state index contributed by atoms with van der Waals surface area (Å²) in [7, 11) is -2.58. The summed E-state index contributed by atoms with van der Waals surface area (Å²) in [4.78, 5) is 10.0. The highest BCUT2D eigenvalue weighted by molar-refractivity contribution is 7.89. The number of nitro groups is 1. The van der Waals surface area contributed by atoms with Gasteiger partial charge in [-0.05, 0) is 19.4 Å². The number of nitro benzene ring substituents is 1. The maximum absolute atomic E-state index is 12.7. The van der Waals surface area contributed by atoms with Crippen molar-refractivity contribution < 1.29 is 18.1 Å². The molecule has 2 unspecified atom stereocenters. The number of sulfonamides is 1. The molecule has 0 spiro atoms. The smallest absolute Gasteiger partial charge is 0.271 e. The summed E-state index contributed by atoms with van der Waals surface area (Å²) in [6.45, 7) is 2.01. The molecule has 1 aromatic carbocycles. The van der Waals surface area contributed by atoms with Crippen molar-refractivity contribution in [1.29, 1.82) is 0 Å². The van der Waals surface area contributed by atoms with E-state index >= 15 is 0 Å². The standard InChI is InChI=1S/C12H17N3O5S/c1-8-10(13)5-6-14(8)21(18,19)12-7-9(15(16)17)3-4-11(12)20-2/h3-4,7-8,10H,5-6,13H2,1-2H3. The molecule has 1 aromatic rings. The molecule has 0 radical (unpaired) electrons. The first-order valence-corrected chi connectivity index (χ1v) is 7.83. The molecule has 1 saturated heterocycles. The van der Waals surface area contributed by atoms with E-state index in [-0.39, 0.29) is 35.0 Å². The number of methoxy groups -OCH3 is 1. The Morgan fingerprint density at radius 2 is 2.14 bits per heavy atom. The van der Waals surface area contributed by atoms with Gasteiger partial charge < -0.3 is 10.5 Å². The van der Waals surface area contributed by atoms with Crippen LogP contribution in [0, 0.1) is 10.1 Å². The van der Waals surface area contributed by atoms with Crippen molar-refractivity contribution in [3.63, 3.8) is 0 Å². The molecule has 9 heteroatoms. The first-order valence-electron chi connectivity index (χ1n) is 6.39. The quantitative estimate of drug-likeness (QED) is 0.646. The summed E-state index contributed by atoms with van der Waals surface area (Å²) < 4.78 is 31.7. The lowest BCUT2D eigenvalue weighted by molar-refractivity contribution is -0.385. The zero-order valence-electron chi connectivity index (χ0n) is 11.7. The normalized spacial score (nSPS) is 23.2. The Balaban J connectivity index is 2.53. The number of nitrogens with two attached hydrogens (primary N) is 1. The van der Waals surface area contributed by atoms with E-state index in [1.807, 2.05) is 0 Å². The predicted octanol–water partition coefficient (Wildman–Crippen LogP) is 0.714. The van der Waals surface area contributed by atoms with Crippen molar-refractivity contribution in [2.24, 2.45) is 5.73 Å². The monoisotopic (exact) mass is 315 g/mol. The third-order valence-corrected chi connectivity index (χ3v) is 5.71. The Bertz CT molecular complexity index is 661. The van der Waals surface area contributed by atoms with E-state index in [1.54, 1.807) is 6.92 Å². The van der Waals surface area contributed by atoms with Crippen LogP contribution < -0.4 is 10.5 Å². The topological polar surface area (TPSA) is 116 Å². The predicted molar refractivity (Wildman–Crippen MR) is 75.6 cm³/mol. The van der Waals surface area contributed by atoms with Crippen molar-refractivity contribution in [2.45, 2.75) is 30.3 Å². The first kappa shape index (κ1) is 15.7. The zero-order chi connectivity index (χ0) is 15.8. The highest BCUT2D eigenvalue weighted by atomic mass is 32.2. The second-order valence-electron chi connectivity index (χ2n) is 4.90. The molecule has 0 bridgehead atoms. The fraction of sp³-hybridized carbons (Fsp3) is 0.500. The molecule has 0 amide bonds. The second-order valence-corrected chi connectivity index (χ2v) is 6.76. The Morgan fingerprint density at radius 3 is 2.62 bits per heavy atom. The van der Waals surface area contributed by atoms with Gasteiger partial charge >= 0.3 is 0 Å². The summed E-state index contributed by atoms with van der Waals surface area (Å²) in [5, 5.41) is 10.9. The van der Waals surface area contributed by atoms with Gasteiger partial charge in [0.05, 0.1) is 12.0 Å². The van der Waals surface area contributed by atoms with Crippen molar-refractivity contribution in [1.82, 2.24) is 4.31 Å². The van der Waals surface area contributed by atoms with Gasteiger partial charge in [0.1, 0.15) is 10.6 Å². The van der Waals surface area contributed by atoms with Gasteiger partial charge in [0.2, 0.25) is 10.0 Å². The summed E-state index contributed by atoms with van der Waals surface area (Å²) in [5.74, 6) is 0.0771. The molecular weight excluding hydrogens is 298 g/mol. The van der Waals surface area contributed by atoms with E-state index in [2.05, 4.69) is 0 Å². The number of non-ortho nitro benzene ring substituents is 1. The largest absolute Gasteiger partial charge is 0.495 e. The van der Waals surface area contributed by atoms with Crippen molar-refractivity contribution in [3.05, 3.63) is 28.3 Å². The van der Waals surface area contributed by atoms with E-state index in [0.29, 0.717) is 6.42 Å². The lowest BCUT2D eigenvalue weighted by Crippen LogP contribution is -2.40. The minimum Gasteiger partial charge on any atom is -0.495 e. The number of benzene rings is 1. The molecule has 2 atom stereocenters. The van der Waals surface area contributed by atoms with Crippen LogP contribution in [-0.2, 0) is 10.0 Å². The van der Waals surface area contributed by atoms with Crippen LogP contribution in [0.1, 0.15) is 13.3 Å². The molecule has 1 fully saturated rings. The third kappa shape index (κ3) is 2.71. The van der Waals surface area contributed by atoms with Gasteiger partial charge in [0.25, 0.3) is 5.69 Å². The van der Waals surface area contributed by atoms with Gasteiger partial charge in [0, 0.05) is 30.8 Å². The average molecular weight is 315 g/mol. The Morgan fingerprint density at radius 1 is 1.48 bits per heavy atom. The molecule has 1 heterocycles. The summed E-state index contributed by atoms with van der Waals surface area (Å²) in [6.07, 6.45) is 0.553. The SMILES string of the molecule is COc1ccc([N+](=O)[O-])cc1S(=O)(=O)N1CCC(N)C1C. The van der Waals surface area contributed by atoms with Crippen LogP contribution in [-0.4, -0.2) is 43.4 Å². The molecular formula is C12H17N3O5S. The van der Waals surface area contributed by atoms with E-state index < -0.39 is 14.9 Å². The van der Waals surface area contributed by atoms with Crippen LogP contribution in [0.5, 0.6) is 5.75 Å². The van der Waals surface area contributed by atoms with Gasteiger partial charge in [0.15, 0.2) is 0 Å². The lowest BCUT2D eigenvalue weighted by atomic mass is 10.2. The van der Waals surface area contributed by atoms with Gasteiger partial charge in [-0.3, -0.25) is 10.1 Å². The maximum atomic E-state index is 12.7. The van der Waals surface area contributed by atoms with E-state index in [1.165, 1.54) is 23.5 Å². The lowest BCUT2D eigenvalue weighted by Gasteiger charge is -2.23. The van der Waals surface area contributed by atoms with E-state index in [0.717, 1.165) is 6.07 Å². The number of rotatable bonds is 4. The van der Waals surface area contributed by atoms with Gasteiger partial charge in [-0.25, -0.2) is 8.42 Å². The fourth-order valence-electron chi connectivity index (χ4n) is 2.38. The molecule has 2 N–H and O–H groups in total. The minimum absolute atomic E-state index is 0.0771. The summed E-state index contributed by atoms with van der Waals surface area (Å²) >= 11 is 0. The first-order chi connectivity index (χ1) is 9.78. The Hall–Kier alpha value is -1.71. The fourth-order valence-corrected chi connectivity index (χ4v) is 4.25. The molecule has 1 aliphatic rings.